The lowest BCUT2D eigenvalue weighted by Gasteiger charge is -2.56. The molecule has 324 valence electrons. The first-order chi connectivity index (χ1) is 29.1. The number of fused-ring (bicyclic) bond motifs is 8. The Bertz CT molecular complexity index is 2120. The van der Waals surface area contributed by atoms with Gasteiger partial charge in [0.15, 0.2) is 0 Å². The van der Waals surface area contributed by atoms with Crippen molar-refractivity contribution in [3.05, 3.63) is 100 Å². The van der Waals surface area contributed by atoms with Gasteiger partial charge in [0, 0.05) is 33.0 Å². The van der Waals surface area contributed by atoms with E-state index < -0.39 is 70.6 Å². The van der Waals surface area contributed by atoms with Crippen LogP contribution in [0.15, 0.2) is 66.7 Å². The summed E-state index contributed by atoms with van der Waals surface area (Å²) in [7, 11) is 2.74. The molecule has 2 fully saturated rings. The number of anilines is 1. The zero-order chi connectivity index (χ0) is 44.1. The Kier molecular flexibility index (Phi) is 11.5. The fourth-order valence-corrected chi connectivity index (χ4v) is 11.0. The molecule has 2 aliphatic heterocycles. The van der Waals surface area contributed by atoms with Crippen LogP contribution in [0.3, 0.4) is 0 Å². The minimum atomic E-state index is -2.54. The number of nitrogens with zero attached hydrogens (tertiary/aromatic N) is 3. The van der Waals surface area contributed by atoms with Crippen molar-refractivity contribution in [3.8, 4) is 0 Å². The summed E-state index contributed by atoms with van der Waals surface area (Å²) in [6.07, 6.45) is -2.56. The summed E-state index contributed by atoms with van der Waals surface area (Å²) < 4.78 is 23.2. The number of methoxy groups -OCH3 is 2. The van der Waals surface area contributed by atoms with Crippen LogP contribution in [0.2, 0.25) is 0 Å². The van der Waals surface area contributed by atoms with Crippen LogP contribution < -0.4 is 27.8 Å². The number of amides is 4. The molecule has 2 unspecified atom stereocenters. The predicted molar refractivity (Wildman–Crippen MR) is 220 cm³/mol. The lowest BCUT2D eigenvalue weighted by Crippen LogP contribution is -2.79. The van der Waals surface area contributed by atoms with Crippen LogP contribution in [0, 0.1) is 13.8 Å². The van der Waals surface area contributed by atoms with Gasteiger partial charge in [-0.3, -0.25) is 19.4 Å². The number of nitrogens with two attached hydrogens (primary N) is 4. The molecule has 2 heterocycles. The van der Waals surface area contributed by atoms with Crippen molar-refractivity contribution in [1.29, 1.82) is 0 Å². The van der Waals surface area contributed by atoms with Gasteiger partial charge in [-0.25, -0.2) is 19.2 Å². The van der Waals surface area contributed by atoms with Crippen molar-refractivity contribution in [3.63, 3.8) is 0 Å². The van der Waals surface area contributed by atoms with E-state index in [9.17, 15) is 28.8 Å². The number of carbonyl (C=O) groups excluding carboxylic acids is 6. The lowest BCUT2D eigenvalue weighted by atomic mass is 9.70. The van der Waals surface area contributed by atoms with Crippen LogP contribution in [0.4, 0.5) is 15.3 Å². The second-order valence-electron chi connectivity index (χ2n) is 16.3. The second-order valence-corrected chi connectivity index (χ2v) is 16.3. The van der Waals surface area contributed by atoms with E-state index in [0.717, 1.165) is 22.3 Å². The number of rotatable bonds is 13. The molecular weight excluding hydrogens is 787 g/mol. The van der Waals surface area contributed by atoms with Crippen molar-refractivity contribution in [1.82, 2.24) is 9.80 Å². The number of likely N-dealkylation sites (tertiary alicyclic amines) is 2. The topological polar surface area (TPSA) is 253 Å². The van der Waals surface area contributed by atoms with E-state index in [1.54, 1.807) is 34.1 Å². The molecule has 6 atom stereocenters. The SMILES string of the molecule is CO[C@]1([C@](C(N)=O)(C(=O)OC(N)=O)N2CCCC2N(c2cccc(C)c2C)C2CCCN2[C@@](C(N)=O)(C(=O)OC(N)=O)[C@@]2(OC)CCc3ccc2cc3)CCc2ccc1cc2. The van der Waals surface area contributed by atoms with Gasteiger partial charge >= 0.3 is 24.1 Å². The van der Waals surface area contributed by atoms with Gasteiger partial charge in [-0.05, 0) is 105 Å². The number of carbonyl (C=O) groups is 6. The van der Waals surface area contributed by atoms with Crippen LogP contribution in [0.1, 0.15) is 71.9 Å². The molecule has 17 heteroatoms. The molecule has 3 aromatic rings. The number of primary amides is 4. The van der Waals surface area contributed by atoms with Crippen LogP contribution in [0.5, 0.6) is 0 Å². The minimum Gasteiger partial charge on any atom is -0.375 e. The van der Waals surface area contributed by atoms with Crippen LogP contribution in [-0.2, 0) is 62.2 Å². The lowest BCUT2D eigenvalue weighted by molar-refractivity contribution is -0.194. The summed E-state index contributed by atoms with van der Waals surface area (Å²) in [5.74, 6) is -4.96. The van der Waals surface area contributed by atoms with Gasteiger partial charge in [0.2, 0.25) is 11.1 Å². The van der Waals surface area contributed by atoms with E-state index in [1.807, 2.05) is 61.2 Å². The quantitative estimate of drug-likeness (QED) is 0.143. The van der Waals surface area contributed by atoms with E-state index >= 15 is 0 Å². The molecule has 0 saturated carbocycles. The molecule has 4 bridgehead atoms. The zero-order valence-corrected chi connectivity index (χ0v) is 34.8. The molecular formula is C44H53N7O10. The van der Waals surface area contributed by atoms with Crippen molar-refractivity contribution in [2.24, 2.45) is 22.9 Å². The van der Waals surface area contributed by atoms with Crippen LogP contribution >= 0.6 is 0 Å². The fraction of sp³-hybridized carbons (Fsp3) is 0.455. The van der Waals surface area contributed by atoms with Gasteiger partial charge in [-0.1, -0.05) is 60.7 Å². The van der Waals surface area contributed by atoms with Crippen molar-refractivity contribution in [2.75, 3.05) is 32.2 Å². The van der Waals surface area contributed by atoms with Gasteiger partial charge in [-0.15, -0.1) is 0 Å². The third-order valence-electron chi connectivity index (χ3n) is 13.7. The molecule has 4 amide bonds. The van der Waals surface area contributed by atoms with E-state index in [4.69, 9.17) is 41.9 Å². The molecule has 9 rings (SSSR count). The highest BCUT2D eigenvalue weighted by molar-refractivity contribution is 6.12. The zero-order valence-electron chi connectivity index (χ0n) is 34.8. The van der Waals surface area contributed by atoms with Crippen molar-refractivity contribution >= 4 is 41.6 Å². The first kappa shape index (κ1) is 43.2. The third-order valence-corrected chi connectivity index (χ3v) is 13.7. The number of aryl methyl sites for hydroxylation is 3. The Morgan fingerprint density at radius 3 is 1.41 bits per heavy atom. The first-order valence-electron chi connectivity index (χ1n) is 20.4. The minimum absolute atomic E-state index is 0.0662. The van der Waals surface area contributed by atoms with E-state index in [2.05, 4.69) is 0 Å². The number of ether oxygens (including phenoxy) is 4. The Morgan fingerprint density at radius 1 is 0.639 bits per heavy atom. The average Bonchev–Trinajstić information content (AvgIpc) is 3.71. The van der Waals surface area contributed by atoms with Gasteiger partial charge in [0.25, 0.3) is 11.8 Å². The highest BCUT2D eigenvalue weighted by atomic mass is 16.6. The van der Waals surface area contributed by atoms with Gasteiger partial charge in [0.1, 0.15) is 11.2 Å². The number of benzene rings is 3. The van der Waals surface area contributed by atoms with Crippen LogP contribution in [0.25, 0.3) is 0 Å². The Labute approximate surface area is 353 Å². The molecule has 61 heavy (non-hydrogen) atoms. The third kappa shape index (κ3) is 6.35. The molecule has 0 spiro atoms. The molecule has 8 N–H and O–H groups in total. The van der Waals surface area contributed by atoms with Gasteiger partial charge in [0.05, 0.1) is 12.3 Å². The monoisotopic (exact) mass is 839 g/mol. The van der Waals surface area contributed by atoms with Gasteiger partial charge < -0.3 is 46.8 Å². The average molecular weight is 840 g/mol. The Morgan fingerprint density at radius 2 is 1.05 bits per heavy atom. The number of esters is 2. The van der Waals surface area contributed by atoms with E-state index in [-0.39, 0.29) is 25.9 Å². The van der Waals surface area contributed by atoms with Crippen molar-refractivity contribution < 1.29 is 47.7 Å². The summed E-state index contributed by atoms with van der Waals surface area (Å²) in [5, 5.41) is 0. The molecule has 0 aromatic heterocycles. The predicted octanol–water partition coefficient (Wildman–Crippen LogP) is 2.62. The highest BCUT2D eigenvalue weighted by Gasteiger charge is 2.72. The maximum atomic E-state index is 15.0. The van der Waals surface area contributed by atoms with Crippen LogP contribution in [-0.4, -0.2) is 96.5 Å². The maximum absolute atomic E-state index is 15.0. The normalized spacial score (nSPS) is 25.4. The fourth-order valence-electron chi connectivity index (χ4n) is 11.0. The van der Waals surface area contributed by atoms with E-state index in [0.29, 0.717) is 55.3 Å². The summed E-state index contributed by atoms with van der Waals surface area (Å²) in [6.45, 7) is 3.97. The first-order valence-corrected chi connectivity index (χ1v) is 20.4. The van der Waals surface area contributed by atoms with Gasteiger partial charge in [-0.2, -0.15) is 0 Å². The number of hydrogen-bond acceptors (Lipinski definition) is 13. The summed E-state index contributed by atoms with van der Waals surface area (Å²) in [6, 6.07) is 20.1. The second kappa shape index (κ2) is 16.2. The molecule has 3 aromatic carbocycles. The summed E-state index contributed by atoms with van der Waals surface area (Å²) in [4.78, 5) is 89.5. The van der Waals surface area contributed by atoms with E-state index in [1.165, 1.54) is 14.2 Å². The largest absolute Gasteiger partial charge is 0.412 e. The smallest absolute Gasteiger partial charge is 0.375 e. The maximum Gasteiger partial charge on any atom is 0.412 e. The molecule has 0 radical (unpaired) electrons. The molecule has 17 nitrogen and oxygen atoms in total. The Balaban J connectivity index is 1.51. The summed E-state index contributed by atoms with van der Waals surface area (Å²) >= 11 is 0. The molecule has 6 aliphatic rings. The highest BCUT2D eigenvalue weighted by Crippen LogP contribution is 2.53. The molecule has 4 aliphatic carbocycles. The van der Waals surface area contributed by atoms with Crippen molar-refractivity contribution in [2.45, 2.75) is 99.8 Å². The number of hydrogen-bond donors (Lipinski definition) is 4. The molecule has 2 saturated heterocycles. The standard InChI is InChI=1S/C44H53N7O10/c1-26-8-5-9-32(27(26)2)51(33-10-6-24-49(33)43(35(45)52,37(54)60-39(47)56)41(58-3)22-20-28-12-16-30(41)17-13-28)34-11-7-25-50(34)44(36(46)53,38(55)61-40(48)57)42(59-4)23-21-29-14-18-31(42)19-15-29/h5,8-9,12-19,33-34H,6-7,10-11,20-25H2,1-4H3,(H2,45,52)(H2,46,53)(H2,47,56)(H2,48,57)/t33?,34?,41-,42-,43+,44+/m1/s1. The summed E-state index contributed by atoms with van der Waals surface area (Å²) in [5.41, 5.74) is 20.3. The Hall–Kier alpha value is -5.88.